The smallest absolute Gasteiger partial charge is 0.168 e. The van der Waals surface area contributed by atoms with Crippen molar-refractivity contribution in [2.45, 2.75) is 6.54 Å². The summed E-state index contributed by atoms with van der Waals surface area (Å²) in [5.74, 6) is 0.843. The minimum absolute atomic E-state index is 0.516. The molecule has 0 radical (unpaired) electrons. The van der Waals surface area contributed by atoms with Gasteiger partial charge in [0.1, 0.15) is 0 Å². The fourth-order valence-corrected chi connectivity index (χ4v) is 1.84. The third-order valence-corrected chi connectivity index (χ3v) is 2.73. The molecule has 17 heavy (non-hydrogen) atoms. The Morgan fingerprint density at radius 1 is 1.00 bits per heavy atom. The quantitative estimate of drug-likeness (QED) is 0.722. The number of hydrogen-bond acceptors (Lipinski definition) is 3. The highest BCUT2D eigenvalue weighted by Gasteiger charge is 2.07. The Morgan fingerprint density at radius 2 is 1.82 bits per heavy atom. The molecule has 84 valence electrons. The molecule has 3 aromatic rings. The van der Waals surface area contributed by atoms with Crippen molar-refractivity contribution in [3.8, 4) is 11.4 Å². The maximum absolute atomic E-state index is 5.64. The zero-order chi connectivity index (χ0) is 11.7. The lowest BCUT2D eigenvalue weighted by Crippen LogP contribution is -1.99. The number of aromatic nitrogens is 3. The van der Waals surface area contributed by atoms with Crippen molar-refractivity contribution in [1.29, 1.82) is 0 Å². The van der Waals surface area contributed by atoms with Gasteiger partial charge in [-0.2, -0.15) is 0 Å². The minimum atomic E-state index is 0.516. The van der Waals surface area contributed by atoms with E-state index in [0.29, 0.717) is 6.54 Å². The highest BCUT2D eigenvalue weighted by molar-refractivity contribution is 5.59. The van der Waals surface area contributed by atoms with E-state index in [9.17, 15) is 0 Å². The maximum atomic E-state index is 5.64. The highest BCUT2D eigenvalue weighted by Crippen LogP contribution is 2.18. The van der Waals surface area contributed by atoms with Gasteiger partial charge in [0.2, 0.25) is 0 Å². The van der Waals surface area contributed by atoms with Gasteiger partial charge in [0.15, 0.2) is 11.5 Å². The molecule has 1 aromatic carbocycles. The molecule has 4 nitrogen and oxygen atoms in total. The summed E-state index contributed by atoms with van der Waals surface area (Å²) in [5.41, 5.74) is 8.59. The normalized spacial score (nSPS) is 10.9. The van der Waals surface area contributed by atoms with E-state index in [1.807, 2.05) is 53.1 Å². The molecular weight excluding hydrogens is 212 g/mol. The van der Waals surface area contributed by atoms with E-state index in [0.717, 1.165) is 22.6 Å². The molecule has 0 aliphatic heterocycles. The van der Waals surface area contributed by atoms with Crippen molar-refractivity contribution in [3.05, 3.63) is 54.2 Å². The van der Waals surface area contributed by atoms with Crippen molar-refractivity contribution < 1.29 is 0 Å². The van der Waals surface area contributed by atoms with Gasteiger partial charge in [0.25, 0.3) is 0 Å². The zero-order valence-electron chi connectivity index (χ0n) is 9.24. The van der Waals surface area contributed by atoms with Crippen molar-refractivity contribution in [2.24, 2.45) is 5.73 Å². The molecule has 0 spiro atoms. The molecule has 2 N–H and O–H groups in total. The van der Waals surface area contributed by atoms with Crippen LogP contribution in [0.2, 0.25) is 0 Å². The summed E-state index contributed by atoms with van der Waals surface area (Å²) in [6, 6.07) is 13.9. The van der Waals surface area contributed by atoms with Crippen molar-refractivity contribution in [2.75, 3.05) is 0 Å². The SMILES string of the molecule is NCc1ccc2nnc(-c3ccccc3)n2c1. The average Bonchev–Trinajstić information content (AvgIpc) is 2.82. The number of pyridine rings is 1. The second-order valence-electron chi connectivity index (χ2n) is 3.86. The van der Waals surface area contributed by atoms with Crippen LogP contribution in [0, 0.1) is 0 Å². The van der Waals surface area contributed by atoms with Crippen LogP contribution < -0.4 is 5.73 Å². The van der Waals surface area contributed by atoms with Gasteiger partial charge >= 0.3 is 0 Å². The molecule has 0 saturated carbocycles. The van der Waals surface area contributed by atoms with E-state index in [2.05, 4.69) is 10.2 Å². The third-order valence-electron chi connectivity index (χ3n) is 2.73. The topological polar surface area (TPSA) is 56.2 Å². The van der Waals surface area contributed by atoms with Crippen LogP contribution in [-0.4, -0.2) is 14.6 Å². The van der Waals surface area contributed by atoms with Crippen molar-refractivity contribution >= 4 is 5.65 Å². The molecule has 0 aliphatic carbocycles. The lowest BCUT2D eigenvalue weighted by Gasteiger charge is -2.01. The molecule has 0 aliphatic rings. The number of nitrogens with two attached hydrogens (primary N) is 1. The van der Waals surface area contributed by atoms with Crippen LogP contribution in [-0.2, 0) is 6.54 Å². The Morgan fingerprint density at radius 3 is 2.59 bits per heavy atom. The van der Waals surface area contributed by atoms with Gasteiger partial charge in [-0.15, -0.1) is 10.2 Å². The number of benzene rings is 1. The fraction of sp³-hybridized carbons (Fsp3) is 0.0769. The van der Waals surface area contributed by atoms with Gasteiger partial charge in [0.05, 0.1) is 0 Å². The predicted octanol–water partition coefficient (Wildman–Crippen LogP) is 1.85. The molecule has 0 saturated heterocycles. The molecule has 0 atom stereocenters. The van der Waals surface area contributed by atoms with Crippen molar-refractivity contribution in [1.82, 2.24) is 14.6 Å². The van der Waals surface area contributed by atoms with Gasteiger partial charge in [-0.25, -0.2) is 0 Å². The van der Waals surface area contributed by atoms with Crippen LogP contribution in [0.1, 0.15) is 5.56 Å². The van der Waals surface area contributed by atoms with Crippen LogP contribution in [0.4, 0.5) is 0 Å². The predicted molar refractivity (Wildman–Crippen MR) is 66.3 cm³/mol. The van der Waals surface area contributed by atoms with Gasteiger partial charge in [-0.05, 0) is 11.6 Å². The first-order valence-electron chi connectivity index (χ1n) is 5.47. The summed E-state index contributed by atoms with van der Waals surface area (Å²) < 4.78 is 1.97. The highest BCUT2D eigenvalue weighted by atomic mass is 15.2. The Bertz CT molecular complexity index is 643. The summed E-state index contributed by atoms with van der Waals surface area (Å²) in [5, 5.41) is 8.36. The van der Waals surface area contributed by atoms with E-state index in [1.54, 1.807) is 0 Å². The zero-order valence-corrected chi connectivity index (χ0v) is 9.24. The number of rotatable bonds is 2. The van der Waals surface area contributed by atoms with E-state index in [1.165, 1.54) is 0 Å². The summed E-state index contributed by atoms with van der Waals surface area (Å²) in [6.45, 7) is 0.516. The van der Waals surface area contributed by atoms with Crippen LogP contribution in [0.3, 0.4) is 0 Å². The molecule has 0 unspecified atom stereocenters. The number of nitrogens with zero attached hydrogens (tertiary/aromatic N) is 3. The summed E-state index contributed by atoms with van der Waals surface area (Å²) in [6.07, 6.45) is 1.98. The number of hydrogen-bond donors (Lipinski definition) is 1. The second-order valence-corrected chi connectivity index (χ2v) is 3.86. The lowest BCUT2D eigenvalue weighted by molar-refractivity contribution is 1.03. The van der Waals surface area contributed by atoms with Gasteiger partial charge in [-0.3, -0.25) is 4.40 Å². The lowest BCUT2D eigenvalue weighted by atomic mass is 10.2. The molecule has 0 bridgehead atoms. The Kier molecular flexibility index (Phi) is 2.34. The molecule has 2 aromatic heterocycles. The summed E-state index contributed by atoms with van der Waals surface area (Å²) in [7, 11) is 0. The minimum Gasteiger partial charge on any atom is -0.326 e. The van der Waals surface area contributed by atoms with E-state index < -0.39 is 0 Å². The second kappa shape index (κ2) is 3.99. The fourth-order valence-electron chi connectivity index (χ4n) is 1.84. The van der Waals surface area contributed by atoms with E-state index in [-0.39, 0.29) is 0 Å². The van der Waals surface area contributed by atoms with Crippen LogP contribution >= 0.6 is 0 Å². The molecule has 3 rings (SSSR count). The molecule has 2 heterocycles. The maximum Gasteiger partial charge on any atom is 0.168 e. The van der Waals surface area contributed by atoms with E-state index in [4.69, 9.17) is 5.73 Å². The third kappa shape index (κ3) is 1.68. The van der Waals surface area contributed by atoms with Crippen LogP contribution in [0.15, 0.2) is 48.7 Å². The molecule has 0 amide bonds. The van der Waals surface area contributed by atoms with Crippen LogP contribution in [0.25, 0.3) is 17.0 Å². The van der Waals surface area contributed by atoms with Gasteiger partial charge < -0.3 is 5.73 Å². The summed E-state index contributed by atoms with van der Waals surface area (Å²) in [4.78, 5) is 0. The molecular formula is C13H12N4. The van der Waals surface area contributed by atoms with Gasteiger partial charge in [0, 0.05) is 18.3 Å². The van der Waals surface area contributed by atoms with Crippen molar-refractivity contribution in [3.63, 3.8) is 0 Å². The Balaban J connectivity index is 2.23. The Hall–Kier alpha value is -2.20. The molecule has 4 heteroatoms. The first kappa shape index (κ1) is 9.99. The first-order chi connectivity index (χ1) is 8.38. The Labute approximate surface area is 98.7 Å². The standard InChI is InChI=1S/C13H12N4/c14-8-10-6-7-12-15-16-13(17(12)9-10)11-4-2-1-3-5-11/h1-7,9H,8,14H2. The monoisotopic (exact) mass is 224 g/mol. The number of fused-ring (bicyclic) bond motifs is 1. The van der Waals surface area contributed by atoms with Crippen LogP contribution in [0.5, 0.6) is 0 Å². The summed E-state index contributed by atoms with van der Waals surface area (Å²) >= 11 is 0. The molecule has 0 fully saturated rings. The largest absolute Gasteiger partial charge is 0.326 e. The first-order valence-corrected chi connectivity index (χ1v) is 5.47. The average molecular weight is 224 g/mol. The van der Waals surface area contributed by atoms with E-state index >= 15 is 0 Å². The van der Waals surface area contributed by atoms with Gasteiger partial charge in [-0.1, -0.05) is 36.4 Å².